The first-order valence-electron chi connectivity index (χ1n) is 9.92. The van der Waals surface area contributed by atoms with E-state index in [1.165, 1.54) is 64.2 Å². The molecule has 0 fully saturated rings. The Morgan fingerprint density at radius 2 is 1.17 bits per heavy atom. The van der Waals surface area contributed by atoms with Crippen molar-refractivity contribution >= 4 is 0 Å². The molecule has 4 heteroatoms. The average Bonchev–Trinajstić information content (AvgIpc) is 2.46. The van der Waals surface area contributed by atoms with Crippen molar-refractivity contribution in [1.82, 2.24) is 0 Å². The standard InChI is InChI=1S/C19H44N4/c1-4-6-8-9-10-11-12-13-15-18(20,19(21,22)23)16-17(3)14-7-5-2/h17H,4-16,20-23H2,1-3H3. The van der Waals surface area contributed by atoms with Crippen LogP contribution in [0.1, 0.15) is 104 Å². The molecule has 0 amide bonds. The van der Waals surface area contributed by atoms with Gasteiger partial charge in [-0.1, -0.05) is 91.4 Å². The number of hydrogen-bond acceptors (Lipinski definition) is 4. The second kappa shape index (κ2) is 12.2. The number of nitrogens with two attached hydrogens (primary N) is 4. The predicted octanol–water partition coefficient (Wildman–Crippen LogP) is 3.96. The molecule has 0 radical (unpaired) electrons. The third kappa shape index (κ3) is 10.3. The predicted molar refractivity (Wildman–Crippen MR) is 103 cm³/mol. The first-order valence-corrected chi connectivity index (χ1v) is 9.92. The van der Waals surface area contributed by atoms with Crippen molar-refractivity contribution in [3.63, 3.8) is 0 Å². The minimum absolute atomic E-state index is 0.518. The van der Waals surface area contributed by atoms with E-state index in [-0.39, 0.29) is 0 Å². The highest BCUT2D eigenvalue weighted by Crippen LogP contribution is 2.28. The summed E-state index contributed by atoms with van der Waals surface area (Å²) in [5.41, 5.74) is 23.9. The molecule has 2 atom stereocenters. The number of unbranched alkanes of at least 4 members (excludes halogenated alkanes) is 8. The lowest BCUT2D eigenvalue weighted by atomic mass is 9.78. The summed E-state index contributed by atoms with van der Waals surface area (Å²) in [6.07, 6.45) is 15.5. The van der Waals surface area contributed by atoms with E-state index in [1.807, 2.05) is 0 Å². The molecule has 0 aliphatic heterocycles. The van der Waals surface area contributed by atoms with Gasteiger partial charge in [-0.25, -0.2) is 0 Å². The Kier molecular flexibility index (Phi) is 12.2. The van der Waals surface area contributed by atoms with Crippen LogP contribution < -0.4 is 22.9 Å². The first kappa shape index (κ1) is 22.8. The molecule has 0 saturated carbocycles. The van der Waals surface area contributed by atoms with Crippen molar-refractivity contribution < 1.29 is 0 Å². The van der Waals surface area contributed by atoms with Crippen molar-refractivity contribution in [2.24, 2.45) is 28.9 Å². The van der Waals surface area contributed by atoms with E-state index >= 15 is 0 Å². The van der Waals surface area contributed by atoms with E-state index in [9.17, 15) is 0 Å². The summed E-state index contributed by atoms with van der Waals surface area (Å²) in [6.45, 7) is 6.69. The van der Waals surface area contributed by atoms with Crippen LogP contribution >= 0.6 is 0 Å². The molecule has 0 aromatic carbocycles. The second-order valence-corrected chi connectivity index (χ2v) is 7.77. The molecule has 140 valence electrons. The molecule has 23 heavy (non-hydrogen) atoms. The molecule has 0 aromatic rings. The largest absolute Gasteiger partial charge is 0.321 e. The van der Waals surface area contributed by atoms with Gasteiger partial charge in [0.25, 0.3) is 0 Å². The van der Waals surface area contributed by atoms with E-state index < -0.39 is 11.3 Å². The summed E-state index contributed by atoms with van der Waals surface area (Å²) < 4.78 is 0. The van der Waals surface area contributed by atoms with Crippen molar-refractivity contribution in [3.05, 3.63) is 0 Å². The zero-order valence-corrected chi connectivity index (χ0v) is 16.1. The number of hydrogen-bond donors (Lipinski definition) is 4. The number of rotatable bonds is 15. The molecule has 0 aromatic heterocycles. The normalized spacial score (nSPS) is 16.3. The van der Waals surface area contributed by atoms with Gasteiger partial charge in [-0.15, -0.1) is 0 Å². The second-order valence-electron chi connectivity index (χ2n) is 7.77. The maximum absolute atomic E-state index is 6.55. The van der Waals surface area contributed by atoms with Crippen LogP contribution in [0.3, 0.4) is 0 Å². The summed E-state index contributed by atoms with van der Waals surface area (Å²) in [4.78, 5) is 0. The first-order chi connectivity index (χ1) is 10.8. The fourth-order valence-corrected chi connectivity index (χ4v) is 3.35. The molecule has 0 rings (SSSR count). The Labute approximate surface area is 145 Å². The summed E-state index contributed by atoms with van der Waals surface area (Å²) in [6, 6.07) is 0. The Bertz CT molecular complexity index is 275. The van der Waals surface area contributed by atoms with Gasteiger partial charge in [0.2, 0.25) is 0 Å². The van der Waals surface area contributed by atoms with Crippen LogP contribution in [0.25, 0.3) is 0 Å². The van der Waals surface area contributed by atoms with Crippen molar-refractivity contribution in [2.45, 2.75) is 116 Å². The topological polar surface area (TPSA) is 104 Å². The van der Waals surface area contributed by atoms with Gasteiger partial charge < -0.3 is 5.73 Å². The lowest BCUT2D eigenvalue weighted by Gasteiger charge is -2.42. The van der Waals surface area contributed by atoms with E-state index in [0.717, 1.165) is 19.3 Å². The van der Waals surface area contributed by atoms with E-state index in [4.69, 9.17) is 22.9 Å². The van der Waals surface area contributed by atoms with Crippen molar-refractivity contribution in [1.29, 1.82) is 0 Å². The van der Waals surface area contributed by atoms with Gasteiger partial charge >= 0.3 is 0 Å². The van der Waals surface area contributed by atoms with Gasteiger partial charge in [-0.05, 0) is 18.8 Å². The average molecular weight is 329 g/mol. The van der Waals surface area contributed by atoms with Crippen LogP contribution in [0.15, 0.2) is 0 Å². The molecular weight excluding hydrogens is 284 g/mol. The van der Waals surface area contributed by atoms with E-state index in [0.29, 0.717) is 5.92 Å². The highest BCUT2D eigenvalue weighted by molar-refractivity contribution is 5.00. The highest BCUT2D eigenvalue weighted by atomic mass is 15.2. The van der Waals surface area contributed by atoms with Gasteiger partial charge in [-0.3, -0.25) is 17.2 Å². The SMILES string of the molecule is CCCCCCCCCCC(N)(CC(C)CCCC)C(N)(N)N. The Morgan fingerprint density at radius 1 is 0.696 bits per heavy atom. The maximum atomic E-state index is 6.55. The fourth-order valence-electron chi connectivity index (χ4n) is 3.35. The molecule has 4 nitrogen and oxygen atoms in total. The molecule has 0 saturated heterocycles. The summed E-state index contributed by atoms with van der Waals surface area (Å²) >= 11 is 0. The van der Waals surface area contributed by atoms with Crippen LogP contribution in [-0.4, -0.2) is 11.3 Å². The Balaban J connectivity index is 4.14. The lowest BCUT2D eigenvalue weighted by Crippen LogP contribution is -2.77. The van der Waals surface area contributed by atoms with Crippen LogP contribution in [0.5, 0.6) is 0 Å². The Morgan fingerprint density at radius 3 is 1.65 bits per heavy atom. The quantitative estimate of drug-likeness (QED) is 0.270. The lowest BCUT2D eigenvalue weighted by molar-refractivity contribution is 0.167. The zero-order valence-electron chi connectivity index (χ0n) is 16.1. The zero-order chi connectivity index (χ0) is 17.8. The smallest absolute Gasteiger partial charge is 0.134 e. The van der Waals surface area contributed by atoms with E-state index in [2.05, 4.69) is 20.8 Å². The van der Waals surface area contributed by atoms with Gasteiger partial charge in [0, 0.05) is 0 Å². The molecule has 0 bridgehead atoms. The monoisotopic (exact) mass is 328 g/mol. The molecule has 0 heterocycles. The third-order valence-corrected chi connectivity index (χ3v) is 5.10. The molecular formula is C19H44N4. The van der Waals surface area contributed by atoms with Gasteiger partial charge in [-0.2, -0.15) is 0 Å². The minimum atomic E-state index is -1.30. The third-order valence-electron chi connectivity index (χ3n) is 5.10. The minimum Gasteiger partial charge on any atom is -0.321 e. The van der Waals surface area contributed by atoms with Crippen LogP contribution in [0.2, 0.25) is 0 Å². The molecule has 0 spiro atoms. The van der Waals surface area contributed by atoms with Crippen molar-refractivity contribution in [3.8, 4) is 0 Å². The van der Waals surface area contributed by atoms with Crippen molar-refractivity contribution in [2.75, 3.05) is 0 Å². The van der Waals surface area contributed by atoms with Gasteiger partial charge in [0.1, 0.15) is 5.79 Å². The van der Waals surface area contributed by atoms with Gasteiger partial charge in [0.05, 0.1) is 5.54 Å². The summed E-state index contributed by atoms with van der Waals surface area (Å²) in [5.74, 6) is -0.779. The fraction of sp³-hybridized carbons (Fsp3) is 1.00. The Hall–Kier alpha value is -0.160. The highest BCUT2D eigenvalue weighted by Gasteiger charge is 2.40. The van der Waals surface area contributed by atoms with Crippen LogP contribution in [-0.2, 0) is 0 Å². The van der Waals surface area contributed by atoms with Crippen LogP contribution in [0, 0.1) is 5.92 Å². The molecule has 0 aliphatic carbocycles. The van der Waals surface area contributed by atoms with E-state index in [1.54, 1.807) is 0 Å². The molecule has 2 unspecified atom stereocenters. The summed E-state index contributed by atoms with van der Waals surface area (Å²) in [7, 11) is 0. The van der Waals surface area contributed by atoms with Crippen LogP contribution in [0.4, 0.5) is 0 Å². The summed E-state index contributed by atoms with van der Waals surface area (Å²) in [5, 5.41) is 0. The maximum Gasteiger partial charge on any atom is 0.134 e. The van der Waals surface area contributed by atoms with Gasteiger partial charge in [0.15, 0.2) is 0 Å². The molecule has 0 aliphatic rings. The molecule has 8 N–H and O–H groups in total.